The number of methoxy groups -OCH3 is 1. The number of aromatic nitrogens is 3. The van der Waals surface area contributed by atoms with Crippen molar-refractivity contribution in [2.75, 3.05) is 19.5 Å². The Hall–Kier alpha value is -2.32. The molecule has 130 valence electrons. The van der Waals surface area contributed by atoms with Crippen molar-refractivity contribution >= 4 is 29.1 Å². The molecule has 0 saturated carbocycles. The maximum Gasteiger partial charge on any atom is 0.337 e. The van der Waals surface area contributed by atoms with Crippen molar-refractivity contribution in [3.8, 4) is 16.5 Å². The molecule has 2 heterocycles. The van der Waals surface area contributed by atoms with E-state index in [0.717, 1.165) is 21.6 Å². The fraction of sp³-hybridized carbons (Fsp3) is 0.235. The first kappa shape index (κ1) is 17.5. The first-order valence-corrected chi connectivity index (χ1v) is 9.43. The van der Waals surface area contributed by atoms with Gasteiger partial charge in [0.2, 0.25) is 0 Å². The van der Waals surface area contributed by atoms with Crippen molar-refractivity contribution in [3.63, 3.8) is 0 Å². The van der Waals surface area contributed by atoms with Gasteiger partial charge in [0.15, 0.2) is 11.0 Å². The molecule has 0 radical (unpaired) electrons. The Morgan fingerprint density at radius 2 is 2.04 bits per heavy atom. The summed E-state index contributed by atoms with van der Waals surface area (Å²) in [5, 5.41) is 11.4. The Labute approximate surface area is 153 Å². The smallest absolute Gasteiger partial charge is 0.337 e. The molecule has 0 N–H and O–H groups in total. The molecule has 6 nitrogen and oxygen atoms in total. The number of nitrogens with zero attached hydrogens (tertiary/aromatic N) is 3. The molecule has 0 bridgehead atoms. The van der Waals surface area contributed by atoms with Gasteiger partial charge in [-0.05, 0) is 35.7 Å². The molecule has 0 saturated heterocycles. The van der Waals surface area contributed by atoms with Gasteiger partial charge < -0.3 is 14.0 Å². The van der Waals surface area contributed by atoms with E-state index in [9.17, 15) is 4.79 Å². The maximum absolute atomic E-state index is 11.4. The van der Waals surface area contributed by atoms with Crippen molar-refractivity contribution in [2.45, 2.75) is 5.16 Å². The van der Waals surface area contributed by atoms with Crippen molar-refractivity contribution in [1.29, 1.82) is 0 Å². The Kier molecular flexibility index (Phi) is 5.72. The lowest BCUT2D eigenvalue weighted by Gasteiger charge is -2.07. The Bertz CT molecular complexity index is 829. The number of ether oxygens (including phenoxy) is 2. The monoisotopic (exact) mass is 375 g/mol. The van der Waals surface area contributed by atoms with Crippen LogP contribution in [0.4, 0.5) is 0 Å². The van der Waals surface area contributed by atoms with Crippen LogP contribution in [0.25, 0.3) is 10.7 Å². The van der Waals surface area contributed by atoms with E-state index in [1.54, 1.807) is 47.4 Å². The minimum Gasteiger partial charge on any atom is -0.493 e. The summed E-state index contributed by atoms with van der Waals surface area (Å²) in [7, 11) is 3.32. The van der Waals surface area contributed by atoms with Gasteiger partial charge in [-0.15, -0.1) is 21.5 Å². The number of thioether (sulfide) groups is 1. The summed E-state index contributed by atoms with van der Waals surface area (Å²) in [5.41, 5.74) is 0.504. The molecule has 0 amide bonds. The van der Waals surface area contributed by atoms with Gasteiger partial charge in [0.25, 0.3) is 0 Å². The predicted octanol–water partition coefficient (Wildman–Crippen LogP) is 3.50. The van der Waals surface area contributed by atoms with Gasteiger partial charge in [0.1, 0.15) is 5.75 Å². The third-order valence-electron chi connectivity index (χ3n) is 3.44. The van der Waals surface area contributed by atoms with Crippen molar-refractivity contribution in [3.05, 3.63) is 47.3 Å². The highest BCUT2D eigenvalue weighted by atomic mass is 32.2. The van der Waals surface area contributed by atoms with Crippen LogP contribution in [-0.2, 0) is 11.8 Å². The molecule has 0 aliphatic rings. The van der Waals surface area contributed by atoms with Gasteiger partial charge in [-0.2, -0.15) is 0 Å². The van der Waals surface area contributed by atoms with Crippen LogP contribution in [0, 0.1) is 0 Å². The SMILES string of the molecule is COC(=O)c1ccc(OCCSc2nnc(-c3cccs3)n2C)cc1. The van der Waals surface area contributed by atoms with Crippen LogP contribution in [0.2, 0.25) is 0 Å². The number of rotatable bonds is 7. The first-order chi connectivity index (χ1) is 12.2. The Balaban J connectivity index is 1.50. The van der Waals surface area contributed by atoms with Gasteiger partial charge in [-0.1, -0.05) is 17.8 Å². The van der Waals surface area contributed by atoms with Crippen LogP contribution >= 0.6 is 23.1 Å². The molecular weight excluding hydrogens is 358 g/mol. The topological polar surface area (TPSA) is 66.2 Å². The van der Waals surface area contributed by atoms with Crippen LogP contribution in [0.1, 0.15) is 10.4 Å². The number of hydrogen-bond acceptors (Lipinski definition) is 7. The summed E-state index contributed by atoms with van der Waals surface area (Å²) in [6, 6.07) is 10.9. The predicted molar refractivity (Wildman–Crippen MR) is 98.3 cm³/mol. The highest BCUT2D eigenvalue weighted by molar-refractivity contribution is 7.99. The average Bonchev–Trinajstić information content (AvgIpc) is 3.28. The highest BCUT2D eigenvalue weighted by Crippen LogP contribution is 2.26. The zero-order valence-electron chi connectivity index (χ0n) is 13.8. The van der Waals surface area contributed by atoms with Gasteiger partial charge in [0.05, 0.1) is 24.2 Å². The summed E-state index contributed by atoms with van der Waals surface area (Å²) < 4.78 is 12.3. The molecule has 8 heteroatoms. The summed E-state index contributed by atoms with van der Waals surface area (Å²) in [6.45, 7) is 0.531. The molecule has 1 aromatic carbocycles. The number of hydrogen-bond donors (Lipinski definition) is 0. The fourth-order valence-electron chi connectivity index (χ4n) is 2.16. The molecule has 25 heavy (non-hydrogen) atoms. The second-order valence-corrected chi connectivity index (χ2v) is 7.07. The van der Waals surface area contributed by atoms with E-state index in [1.165, 1.54) is 7.11 Å². The molecule has 0 aliphatic carbocycles. The molecular formula is C17H17N3O3S2. The van der Waals surface area contributed by atoms with Crippen molar-refractivity contribution in [2.24, 2.45) is 7.05 Å². The molecule has 0 aliphatic heterocycles. The van der Waals surface area contributed by atoms with Crippen LogP contribution in [0.15, 0.2) is 46.9 Å². The van der Waals surface area contributed by atoms with Gasteiger partial charge in [-0.3, -0.25) is 0 Å². The van der Waals surface area contributed by atoms with Crippen molar-refractivity contribution < 1.29 is 14.3 Å². The summed E-state index contributed by atoms with van der Waals surface area (Å²) in [6.07, 6.45) is 0. The first-order valence-electron chi connectivity index (χ1n) is 7.56. The zero-order chi connectivity index (χ0) is 17.6. The van der Waals surface area contributed by atoms with Crippen LogP contribution in [-0.4, -0.2) is 40.2 Å². The van der Waals surface area contributed by atoms with E-state index in [2.05, 4.69) is 14.9 Å². The number of carbonyl (C=O) groups excluding carboxylic acids is 1. The maximum atomic E-state index is 11.4. The quantitative estimate of drug-likeness (QED) is 0.358. The van der Waals surface area contributed by atoms with E-state index in [1.807, 2.05) is 29.1 Å². The minimum atomic E-state index is -0.356. The van der Waals surface area contributed by atoms with Gasteiger partial charge >= 0.3 is 5.97 Å². The Morgan fingerprint density at radius 1 is 1.24 bits per heavy atom. The lowest BCUT2D eigenvalue weighted by Crippen LogP contribution is -2.03. The number of esters is 1. The molecule has 0 unspecified atom stereocenters. The molecule has 3 rings (SSSR count). The van der Waals surface area contributed by atoms with Crippen LogP contribution in [0.5, 0.6) is 5.75 Å². The molecule has 0 spiro atoms. The minimum absolute atomic E-state index is 0.356. The van der Waals surface area contributed by atoms with E-state index in [-0.39, 0.29) is 5.97 Å². The average molecular weight is 375 g/mol. The van der Waals surface area contributed by atoms with Gasteiger partial charge in [-0.25, -0.2) is 4.79 Å². The van der Waals surface area contributed by atoms with E-state index in [4.69, 9.17) is 4.74 Å². The lowest BCUT2D eigenvalue weighted by atomic mass is 10.2. The molecule has 3 aromatic rings. The summed E-state index contributed by atoms with van der Waals surface area (Å²) in [5.74, 6) is 1.98. The third kappa shape index (κ3) is 4.21. The number of carbonyl (C=O) groups is 1. The summed E-state index contributed by atoms with van der Waals surface area (Å²) in [4.78, 5) is 12.5. The fourth-order valence-corrected chi connectivity index (χ4v) is 3.63. The van der Waals surface area contributed by atoms with Crippen LogP contribution < -0.4 is 4.74 Å². The molecule has 2 aromatic heterocycles. The number of benzene rings is 1. The zero-order valence-corrected chi connectivity index (χ0v) is 15.5. The van der Waals surface area contributed by atoms with Gasteiger partial charge in [0, 0.05) is 12.8 Å². The standard InChI is InChI=1S/C17H17N3O3S2/c1-20-15(14-4-3-10-24-14)18-19-17(20)25-11-9-23-13-7-5-12(6-8-13)16(21)22-2/h3-8,10H,9,11H2,1-2H3. The Morgan fingerprint density at radius 3 is 2.72 bits per heavy atom. The highest BCUT2D eigenvalue weighted by Gasteiger charge is 2.11. The third-order valence-corrected chi connectivity index (χ3v) is 5.29. The van der Waals surface area contributed by atoms with E-state index >= 15 is 0 Å². The van der Waals surface area contributed by atoms with E-state index in [0.29, 0.717) is 17.9 Å². The van der Waals surface area contributed by atoms with Crippen LogP contribution in [0.3, 0.4) is 0 Å². The second kappa shape index (κ2) is 8.17. The van der Waals surface area contributed by atoms with Crippen molar-refractivity contribution in [1.82, 2.24) is 14.8 Å². The molecule has 0 atom stereocenters. The number of thiophene rings is 1. The lowest BCUT2D eigenvalue weighted by molar-refractivity contribution is 0.0600. The normalized spacial score (nSPS) is 10.6. The second-order valence-electron chi connectivity index (χ2n) is 5.06. The molecule has 0 fully saturated rings. The summed E-state index contributed by atoms with van der Waals surface area (Å²) >= 11 is 3.23. The van der Waals surface area contributed by atoms with E-state index < -0.39 is 0 Å². The largest absolute Gasteiger partial charge is 0.493 e.